The van der Waals surface area contributed by atoms with Crippen LogP contribution in [0.2, 0.25) is 0 Å². The van der Waals surface area contributed by atoms with Gasteiger partial charge in [0, 0.05) is 32.7 Å². The zero-order chi connectivity index (χ0) is 18.9. The van der Waals surface area contributed by atoms with Gasteiger partial charge in [0.1, 0.15) is 5.75 Å². The molecular weight excluding hydrogens is 348 g/mol. The molecule has 0 spiro atoms. The standard InChI is InChI=1S/C24H28N2O2/c27-24(17-28-23-8-7-19-3-1-2-4-20(19)15-23)26-11-9-25(10-12-26)16-22-14-18-5-6-21(22)13-18/h1-8,15,18,21-22H,9-14,16-17H2/t18-,21+,22-/m1/s1. The molecule has 0 radical (unpaired) electrons. The van der Waals surface area contributed by atoms with Crippen LogP contribution in [0.1, 0.15) is 12.8 Å². The van der Waals surface area contributed by atoms with Gasteiger partial charge in [0.15, 0.2) is 6.61 Å². The van der Waals surface area contributed by atoms with Crippen LogP contribution >= 0.6 is 0 Å². The van der Waals surface area contributed by atoms with Crippen molar-refractivity contribution in [3.8, 4) is 5.75 Å². The van der Waals surface area contributed by atoms with Gasteiger partial charge >= 0.3 is 0 Å². The average molecular weight is 377 g/mol. The fourth-order valence-corrected chi connectivity index (χ4v) is 5.11. The van der Waals surface area contributed by atoms with Gasteiger partial charge in [-0.15, -0.1) is 0 Å². The van der Waals surface area contributed by atoms with Gasteiger partial charge in [-0.1, -0.05) is 42.5 Å². The van der Waals surface area contributed by atoms with E-state index in [4.69, 9.17) is 4.74 Å². The molecule has 3 atom stereocenters. The van der Waals surface area contributed by atoms with Crippen LogP contribution in [-0.4, -0.2) is 55.0 Å². The third-order valence-electron chi connectivity index (χ3n) is 6.72. The Morgan fingerprint density at radius 2 is 1.79 bits per heavy atom. The highest BCUT2D eigenvalue weighted by Crippen LogP contribution is 2.43. The Balaban J connectivity index is 1.09. The third-order valence-corrected chi connectivity index (χ3v) is 6.72. The molecule has 0 unspecified atom stereocenters. The highest BCUT2D eigenvalue weighted by Gasteiger charge is 2.36. The lowest BCUT2D eigenvalue weighted by molar-refractivity contribution is -0.135. The maximum Gasteiger partial charge on any atom is 0.260 e. The molecule has 1 amide bonds. The minimum Gasteiger partial charge on any atom is -0.484 e. The van der Waals surface area contributed by atoms with Crippen LogP contribution < -0.4 is 4.74 Å². The molecule has 1 saturated carbocycles. The predicted molar refractivity (Wildman–Crippen MR) is 111 cm³/mol. The zero-order valence-electron chi connectivity index (χ0n) is 16.3. The molecule has 1 saturated heterocycles. The minimum absolute atomic E-state index is 0.0932. The van der Waals surface area contributed by atoms with E-state index in [2.05, 4.69) is 29.2 Å². The first-order valence-corrected chi connectivity index (χ1v) is 10.5. The molecule has 0 N–H and O–H groups in total. The van der Waals surface area contributed by atoms with Crippen LogP contribution in [0.15, 0.2) is 54.6 Å². The number of hydrogen-bond acceptors (Lipinski definition) is 3. The normalized spacial score (nSPS) is 26.9. The molecule has 5 rings (SSSR count). The number of hydrogen-bond donors (Lipinski definition) is 0. The molecule has 4 nitrogen and oxygen atoms in total. The van der Waals surface area contributed by atoms with Crippen LogP contribution in [0, 0.1) is 17.8 Å². The molecule has 2 fully saturated rings. The van der Waals surface area contributed by atoms with Crippen LogP contribution in [0.3, 0.4) is 0 Å². The smallest absolute Gasteiger partial charge is 0.260 e. The number of piperazine rings is 1. The van der Waals surface area contributed by atoms with Gasteiger partial charge in [0.25, 0.3) is 5.91 Å². The molecule has 1 heterocycles. The van der Waals surface area contributed by atoms with Crippen molar-refractivity contribution in [2.24, 2.45) is 17.8 Å². The number of benzene rings is 2. The Morgan fingerprint density at radius 1 is 0.964 bits per heavy atom. The topological polar surface area (TPSA) is 32.8 Å². The van der Waals surface area contributed by atoms with Crippen molar-refractivity contribution in [1.82, 2.24) is 9.80 Å². The Morgan fingerprint density at radius 3 is 2.54 bits per heavy atom. The maximum atomic E-state index is 12.6. The van der Waals surface area contributed by atoms with Crippen molar-refractivity contribution in [2.75, 3.05) is 39.3 Å². The lowest BCUT2D eigenvalue weighted by atomic mass is 9.93. The van der Waals surface area contributed by atoms with E-state index in [9.17, 15) is 4.79 Å². The number of carbonyl (C=O) groups excluding carboxylic acids is 1. The van der Waals surface area contributed by atoms with Crippen molar-refractivity contribution in [2.45, 2.75) is 12.8 Å². The highest BCUT2D eigenvalue weighted by molar-refractivity contribution is 5.84. The van der Waals surface area contributed by atoms with E-state index in [0.717, 1.165) is 55.1 Å². The van der Waals surface area contributed by atoms with E-state index >= 15 is 0 Å². The second kappa shape index (κ2) is 7.59. The molecule has 2 aromatic rings. The van der Waals surface area contributed by atoms with E-state index in [1.54, 1.807) is 0 Å². The lowest BCUT2D eigenvalue weighted by Crippen LogP contribution is -2.51. The van der Waals surface area contributed by atoms with E-state index < -0.39 is 0 Å². The summed E-state index contributed by atoms with van der Waals surface area (Å²) in [6.45, 7) is 4.92. The van der Waals surface area contributed by atoms with Gasteiger partial charge in [-0.05, 0) is 53.5 Å². The summed E-state index contributed by atoms with van der Waals surface area (Å²) in [4.78, 5) is 17.1. The van der Waals surface area contributed by atoms with Crippen LogP contribution in [-0.2, 0) is 4.79 Å². The highest BCUT2D eigenvalue weighted by atomic mass is 16.5. The first kappa shape index (κ1) is 17.7. The Bertz CT molecular complexity index is 885. The van der Waals surface area contributed by atoms with E-state index in [-0.39, 0.29) is 12.5 Å². The van der Waals surface area contributed by atoms with Crippen LogP contribution in [0.4, 0.5) is 0 Å². The first-order chi connectivity index (χ1) is 13.7. The molecule has 2 aliphatic carbocycles. The average Bonchev–Trinajstić information content (AvgIpc) is 3.36. The molecule has 3 aliphatic rings. The van der Waals surface area contributed by atoms with Crippen molar-refractivity contribution >= 4 is 16.7 Å². The Labute approximate surface area is 166 Å². The summed E-state index contributed by atoms with van der Waals surface area (Å²) in [5.74, 6) is 3.32. The van der Waals surface area contributed by atoms with Crippen LogP contribution in [0.5, 0.6) is 5.75 Å². The predicted octanol–water partition coefficient (Wildman–Crippen LogP) is 3.58. The van der Waals surface area contributed by atoms with Gasteiger partial charge in [-0.25, -0.2) is 0 Å². The molecule has 2 aromatic carbocycles. The van der Waals surface area contributed by atoms with Gasteiger partial charge in [0.05, 0.1) is 0 Å². The van der Waals surface area contributed by atoms with Crippen molar-refractivity contribution in [3.63, 3.8) is 0 Å². The molecular formula is C24H28N2O2. The third kappa shape index (κ3) is 3.66. The second-order valence-corrected chi connectivity index (χ2v) is 8.52. The van der Waals surface area contributed by atoms with E-state index in [0.29, 0.717) is 0 Å². The lowest BCUT2D eigenvalue weighted by Gasteiger charge is -2.36. The number of fused-ring (bicyclic) bond motifs is 3. The zero-order valence-corrected chi connectivity index (χ0v) is 16.3. The SMILES string of the molecule is O=C(COc1ccc2ccccc2c1)N1CCN(C[C@H]2C[C@@H]3C=C[C@H]2C3)CC1. The number of carbonyl (C=O) groups is 1. The number of ether oxygens (including phenoxy) is 1. The maximum absolute atomic E-state index is 12.6. The second-order valence-electron chi connectivity index (χ2n) is 8.52. The summed E-state index contributed by atoms with van der Waals surface area (Å²) in [5, 5.41) is 2.32. The molecule has 1 aliphatic heterocycles. The fraction of sp³-hybridized carbons (Fsp3) is 0.458. The molecule has 146 valence electrons. The number of nitrogens with zero attached hydrogens (tertiary/aromatic N) is 2. The molecule has 28 heavy (non-hydrogen) atoms. The van der Waals surface area contributed by atoms with Gasteiger partial charge in [-0.2, -0.15) is 0 Å². The molecule has 4 heteroatoms. The summed E-state index contributed by atoms with van der Waals surface area (Å²) < 4.78 is 5.78. The first-order valence-electron chi connectivity index (χ1n) is 10.5. The van der Waals surface area contributed by atoms with Crippen molar-refractivity contribution < 1.29 is 9.53 Å². The number of amides is 1. The molecule has 2 bridgehead atoms. The number of allylic oxidation sites excluding steroid dienone is 2. The largest absolute Gasteiger partial charge is 0.484 e. The summed E-state index contributed by atoms with van der Waals surface area (Å²) in [7, 11) is 0. The van der Waals surface area contributed by atoms with Gasteiger partial charge < -0.3 is 9.64 Å². The van der Waals surface area contributed by atoms with Gasteiger partial charge in [0.2, 0.25) is 0 Å². The van der Waals surface area contributed by atoms with Crippen LogP contribution in [0.25, 0.3) is 10.8 Å². The summed E-state index contributed by atoms with van der Waals surface area (Å²) in [5.41, 5.74) is 0. The van der Waals surface area contributed by atoms with E-state index in [1.807, 2.05) is 35.2 Å². The van der Waals surface area contributed by atoms with Gasteiger partial charge in [-0.3, -0.25) is 9.69 Å². The van der Waals surface area contributed by atoms with E-state index in [1.165, 1.54) is 24.8 Å². The van der Waals surface area contributed by atoms with Crippen molar-refractivity contribution in [3.05, 3.63) is 54.6 Å². The summed E-state index contributed by atoms with van der Waals surface area (Å²) in [6, 6.07) is 14.2. The fourth-order valence-electron chi connectivity index (χ4n) is 5.11. The number of rotatable bonds is 5. The Hall–Kier alpha value is -2.33. The summed E-state index contributed by atoms with van der Waals surface area (Å²) in [6.07, 6.45) is 7.57. The monoisotopic (exact) mass is 376 g/mol. The quantitative estimate of drug-likeness (QED) is 0.748. The summed E-state index contributed by atoms with van der Waals surface area (Å²) >= 11 is 0. The Kier molecular flexibility index (Phi) is 4.81. The minimum atomic E-state index is 0.0932. The van der Waals surface area contributed by atoms with Crippen molar-refractivity contribution in [1.29, 1.82) is 0 Å². The molecule has 0 aromatic heterocycles.